The summed E-state index contributed by atoms with van der Waals surface area (Å²) in [5.41, 5.74) is 0.839. The number of rotatable bonds is 3. The zero-order chi connectivity index (χ0) is 13.2. The molecular weight excluding hydrogens is 260 g/mol. The molecule has 1 unspecified atom stereocenters. The number of halogens is 1. The summed E-state index contributed by atoms with van der Waals surface area (Å²) >= 11 is 6.25. The van der Waals surface area contributed by atoms with Crippen molar-refractivity contribution in [3.05, 3.63) is 29.2 Å². The molecule has 5 heteroatoms. The number of likely N-dealkylation sites (tertiary alicyclic amines) is 1. The second kappa shape index (κ2) is 5.47. The van der Waals surface area contributed by atoms with Gasteiger partial charge in [-0.15, -0.1) is 10.2 Å². The molecule has 0 aromatic carbocycles. The van der Waals surface area contributed by atoms with Gasteiger partial charge in [0, 0.05) is 13.0 Å². The SMILES string of the molecule is CCN1CCCC(Cc2nnc3cccc(Cl)n23)C1. The predicted octanol–water partition coefficient (Wildman–Crippen LogP) is 2.66. The van der Waals surface area contributed by atoms with Gasteiger partial charge in [0.05, 0.1) is 0 Å². The van der Waals surface area contributed by atoms with E-state index in [-0.39, 0.29) is 0 Å². The monoisotopic (exact) mass is 278 g/mol. The second-order valence-corrected chi connectivity index (χ2v) is 5.65. The Kier molecular flexibility index (Phi) is 3.71. The van der Waals surface area contributed by atoms with E-state index in [0.717, 1.165) is 31.0 Å². The standard InChI is InChI=1S/C14H19ClN4/c1-2-18-8-4-5-11(10-18)9-14-17-16-13-7-3-6-12(15)19(13)14/h3,6-7,11H,2,4-5,8-10H2,1H3. The van der Waals surface area contributed by atoms with Gasteiger partial charge in [-0.05, 0) is 44.0 Å². The zero-order valence-electron chi connectivity index (χ0n) is 11.2. The molecule has 2 aromatic heterocycles. The van der Waals surface area contributed by atoms with Gasteiger partial charge in [-0.1, -0.05) is 24.6 Å². The van der Waals surface area contributed by atoms with E-state index in [9.17, 15) is 0 Å². The first-order valence-corrected chi connectivity index (χ1v) is 7.36. The van der Waals surface area contributed by atoms with Crippen LogP contribution in [0, 0.1) is 5.92 Å². The smallest absolute Gasteiger partial charge is 0.161 e. The lowest BCUT2D eigenvalue weighted by molar-refractivity contribution is 0.180. The molecule has 0 amide bonds. The molecule has 0 saturated carbocycles. The number of hydrogen-bond donors (Lipinski definition) is 0. The fourth-order valence-corrected chi connectivity index (χ4v) is 3.21. The maximum Gasteiger partial charge on any atom is 0.161 e. The van der Waals surface area contributed by atoms with Crippen LogP contribution in [0.2, 0.25) is 5.15 Å². The molecule has 1 aliphatic heterocycles. The van der Waals surface area contributed by atoms with E-state index in [4.69, 9.17) is 11.6 Å². The highest BCUT2D eigenvalue weighted by atomic mass is 35.5. The Morgan fingerprint density at radius 3 is 3.11 bits per heavy atom. The number of nitrogens with zero attached hydrogens (tertiary/aromatic N) is 4. The van der Waals surface area contributed by atoms with Crippen molar-refractivity contribution in [2.75, 3.05) is 19.6 Å². The molecule has 0 aliphatic carbocycles. The largest absolute Gasteiger partial charge is 0.303 e. The summed E-state index contributed by atoms with van der Waals surface area (Å²) in [4.78, 5) is 2.51. The van der Waals surface area contributed by atoms with Gasteiger partial charge in [-0.2, -0.15) is 0 Å². The molecule has 3 rings (SSSR count). The third-order valence-corrected chi connectivity index (χ3v) is 4.26. The minimum Gasteiger partial charge on any atom is -0.303 e. The van der Waals surface area contributed by atoms with Gasteiger partial charge in [0.25, 0.3) is 0 Å². The molecule has 2 aromatic rings. The molecule has 1 atom stereocenters. The maximum atomic E-state index is 6.25. The second-order valence-electron chi connectivity index (χ2n) is 5.26. The molecular formula is C14H19ClN4. The van der Waals surface area contributed by atoms with E-state index in [1.807, 2.05) is 22.6 Å². The number of piperidine rings is 1. The minimum atomic E-state index is 0.664. The average molecular weight is 279 g/mol. The molecule has 3 heterocycles. The maximum absolute atomic E-state index is 6.25. The van der Waals surface area contributed by atoms with Crippen LogP contribution in [0.5, 0.6) is 0 Å². The topological polar surface area (TPSA) is 33.4 Å². The normalized spacial score (nSPS) is 21.1. The van der Waals surface area contributed by atoms with Gasteiger partial charge < -0.3 is 4.90 Å². The van der Waals surface area contributed by atoms with Crippen LogP contribution in [0.4, 0.5) is 0 Å². The van der Waals surface area contributed by atoms with Crippen LogP contribution in [0.1, 0.15) is 25.6 Å². The highest BCUT2D eigenvalue weighted by Gasteiger charge is 2.21. The summed E-state index contributed by atoms with van der Waals surface area (Å²) in [6.45, 7) is 5.76. The van der Waals surface area contributed by atoms with E-state index in [1.54, 1.807) is 0 Å². The number of pyridine rings is 1. The fraction of sp³-hybridized carbons (Fsp3) is 0.571. The highest BCUT2D eigenvalue weighted by Crippen LogP contribution is 2.22. The predicted molar refractivity (Wildman–Crippen MR) is 76.5 cm³/mol. The van der Waals surface area contributed by atoms with Crippen LogP contribution in [0.3, 0.4) is 0 Å². The van der Waals surface area contributed by atoms with E-state index >= 15 is 0 Å². The molecule has 1 saturated heterocycles. The number of fused-ring (bicyclic) bond motifs is 1. The lowest BCUT2D eigenvalue weighted by Gasteiger charge is -2.31. The number of aromatic nitrogens is 3. The first-order valence-electron chi connectivity index (χ1n) is 6.99. The van der Waals surface area contributed by atoms with Gasteiger partial charge in [-0.25, -0.2) is 0 Å². The minimum absolute atomic E-state index is 0.664. The first kappa shape index (κ1) is 12.9. The van der Waals surface area contributed by atoms with E-state index < -0.39 is 0 Å². The van der Waals surface area contributed by atoms with Gasteiger partial charge >= 0.3 is 0 Å². The Morgan fingerprint density at radius 1 is 1.37 bits per heavy atom. The van der Waals surface area contributed by atoms with Crippen molar-refractivity contribution >= 4 is 17.2 Å². The van der Waals surface area contributed by atoms with E-state index in [2.05, 4.69) is 22.0 Å². The van der Waals surface area contributed by atoms with Gasteiger partial charge in [-0.3, -0.25) is 4.40 Å². The fourth-order valence-electron chi connectivity index (χ4n) is 2.95. The summed E-state index contributed by atoms with van der Waals surface area (Å²) in [5.74, 6) is 1.65. The van der Waals surface area contributed by atoms with Crippen molar-refractivity contribution in [1.29, 1.82) is 0 Å². The third-order valence-electron chi connectivity index (χ3n) is 3.97. The molecule has 102 valence electrons. The molecule has 19 heavy (non-hydrogen) atoms. The van der Waals surface area contributed by atoms with Crippen LogP contribution in [-0.4, -0.2) is 39.1 Å². The summed E-state index contributed by atoms with van der Waals surface area (Å²) in [7, 11) is 0. The quantitative estimate of drug-likeness (QED) is 0.810. The van der Waals surface area contributed by atoms with E-state index in [1.165, 1.54) is 19.4 Å². The van der Waals surface area contributed by atoms with Gasteiger partial charge in [0.2, 0.25) is 0 Å². The summed E-state index contributed by atoms with van der Waals surface area (Å²) < 4.78 is 1.96. The van der Waals surface area contributed by atoms with Crippen molar-refractivity contribution in [1.82, 2.24) is 19.5 Å². The average Bonchev–Trinajstić information content (AvgIpc) is 2.84. The number of hydrogen-bond acceptors (Lipinski definition) is 3. The first-order chi connectivity index (χ1) is 9.28. The van der Waals surface area contributed by atoms with Crippen LogP contribution < -0.4 is 0 Å². The Labute approximate surface area is 118 Å². The van der Waals surface area contributed by atoms with Gasteiger partial charge in [0.1, 0.15) is 11.0 Å². The molecule has 0 radical (unpaired) electrons. The summed E-state index contributed by atoms with van der Waals surface area (Å²) in [6.07, 6.45) is 3.51. The lowest BCUT2D eigenvalue weighted by Crippen LogP contribution is -2.36. The Balaban J connectivity index is 1.81. The lowest BCUT2D eigenvalue weighted by atomic mass is 9.94. The molecule has 0 bridgehead atoms. The van der Waals surface area contributed by atoms with Gasteiger partial charge in [0.15, 0.2) is 5.65 Å². The molecule has 1 aliphatic rings. The van der Waals surface area contributed by atoms with E-state index in [0.29, 0.717) is 11.1 Å². The van der Waals surface area contributed by atoms with Crippen molar-refractivity contribution in [2.45, 2.75) is 26.2 Å². The van der Waals surface area contributed by atoms with Crippen molar-refractivity contribution in [3.63, 3.8) is 0 Å². The molecule has 4 nitrogen and oxygen atoms in total. The Hall–Kier alpha value is -1.13. The van der Waals surface area contributed by atoms with Crippen LogP contribution >= 0.6 is 11.6 Å². The van der Waals surface area contributed by atoms with Crippen molar-refractivity contribution < 1.29 is 0 Å². The van der Waals surface area contributed by atoms with Crippen LogP contribution in [0.25, 0.3) is 5.65 Å². The molecule has 1 fully saturated rings. The highest BCUT2D eigenvalue weighted by molar-refractivity contribution is 6.29. The molecule has 0 spiro atoms. The zero-order valence-corrected chi connectivity index (χ0v) is 12.0. The Morgan fingerprint density at radius 2 is 2.26 bits per heavy atom. The Bertz CT molecular complexity index is 566. The van der Waals surface area contributed by atoms with Crippen molar-refractivity contribution in [3.8, 4) is 0 Å². The molecule has 0 N–H and O–H groups in total. The summed E-state index contributed by atoms with van der Waals surface area (Å²) in [5, 5.41) is 9.21. The van der Waals surface area contributed by atoms with Crippen molar-refractivity contribution in [2.24, 2.45) is 5.92 Å². The summed E-state index contributed by atoms with van der Waals surface area (Å²) in [6, 6.07) is 5.75. The third kappa shape index (κ3) is 2.60. The van der Waals surface area contributed by atoms with Crippen LogP contribution in [0.15, 0.2) is 18.2 Å². The van der Waals surface area contributed by atoms with Crippen LogP contribution in [-0.2, 0) is 6.42 Å².